The summed E-state index contributed by atoms with van der Waals surface area (Å²) in [4.78, 5) is 4.23. The number of aliphatic imine (C=N–C) groups is 1. The maximum absolute atomic E-state index is 12.2. The van der Waals surface area contributed by atoms with E-state index < -0.39 is 9.84 Å². The predicted octanol–water partition coefficient (Wildman–Crippen LogP) is 3.18. The molecule has 1 unspecified atom stereocenters. The maximum Gasteiger partial charge on any atom is 0.191 e. The van der Waals surface area contributed by atoms with Gasteiger partial charge >= 0.3 is 0 Å². The lowest BCUT2D eigenvalue weighted by atomic mass is 10.1. The van der Waals surface area contributed by atoms with Gasteiger partial charge in [0.1, 0.15) is 0 Å². The Balaban J connectivity index is 1.67. The molecule has 0 heterocycles. The van der Waals surface area contributed by atoms with Crippen LogP contribution in [0.3, 0.4) is 0 Å². The molecule has 0 aliphatic carbocycles. The molecule has 2 aromatic rings. The second-order valence-corrected chi connectivity index (χ2v) is 9.18. The van der Waals surface area contributed by atoms with Gasteiger partial charge in [0.2, 0.25) is 0 Å². The molecule has 0 radical (unpaired) electrons. The molecule has 0 fully saturated rings. The molecule has 0 bridgehead atoms. The van der Waals surface area contributed by atoms with E-state index in [1.165, 1.54) is 5.56 Å². The van der Waals surface area contributed by atoms with Crippen molar-refractivity contribution in [3.8, 4) is 0 Å². The highest BCUT2D eigenvalue weighted by Crippen LogP contribution is 2.07. The number of nitrogens with zero attached hydrogens (tertiary/aromatic N) is 1. The molecule has 0 aromatic heterocycles. The minimum absolute atomic E-state index is 0.0946. The first-order valence-electron chi connectivity index (χ1n) is 9.74. The molecule has 28 heavy (non-hydrogen) atoms. The van der Waals surface area contributed by atoms with E-state index in [0.29, 0.717) is 18.9 Å². The summed E-state index contributed by atoms with van der Waals surface area (Å²) in [5.74, 6) is 0.966. The lowest BCUT2D eigenvalue weighted by molar-refractivity contribution is 0.585. The summed E-state index contributed by atoms with van der Waals surface area (Å²) in [6.45, 7) is 2.69. The fourth-order valence-corrected chi connectivity index (χ4v) is 4.36. The summed E-state index contributed by atoms with van der Waals surface area (Å²) in [7, 11) is -1.37. The first-order chi connectivity index (χ1) is 13.5. The monoisotopic (exact) mass is 401 g/mol. The zero-order valence-corrected chi connectivity index (χ0v) is 17.6. The van der Waals surface area contributed by atoms with E-state index >= 15 is 0 Å². The summed E-state index contributed by atoms with van der Waals surface area (Å²) in [5.41, 5.74) is 2.16. The molecular formula is C22H31N3O2S. The molecule has 6 heteroatoms. The van der Waals surface area contributed by atoms with Crippen LogP contribution in [0.15, 0.2) is 65.7 Å². The summed E-state index contributed by atoms with van der Waals surface area (Å²) in [6.07, 6.45) is 2.55. The highest BCUT2D eigenvalue weighted by Gasteiger charge is 2.12. The van der Waals surface area contributed by atoms with Gasteiger partial charge in [0.05, 0.1) is 11.5 Å². The van der Waals surface area contributed by atoms with E-state index in [-0.39, 0.29) is 17.5 Å². The number of rotatable bonds is 10. The van der Waals surface area contributed by atoms with Crippen LogP contribution in [0.2, 0.25) is 0 Å². The molecular weight excluding hydrogens is 370 g/mol. The van der Waals surface area contributed by atoms with E-state index in [9.17, 15) is 8.42 Å². The number of hydrogen-bond donors (Lipinski definition) is 2. The zero-order valence-electron chi connectivity index (χ0n) is 16.8. The van der Waals surface area contributed by atoms with Crippen molar-refractivity contribution in [1.29, 1.82) is 0 Å². The Bertz CT molecular complexity index is 821. The number of sulfone groups is 1. The quantitative estimate of drug-likeness (QED) is 0.364. The van der Waals surface area contributed by atoms with Crippen molar-refractivity contribution in [3.05, 3.63) is 71.8 Å². The first kappa shape index (κ1) is 22.0. The van der Waals surface area contributed by atoms with E-state index in [1.54, 1.807) is 7.05 Å². The molecule has 1 atom stereocenters. The first-order valence-corrected chi connectivity index (χ1v) is 11.6. The van der Waals surface area contributed by atoms with Crippen LogP contribution in [-0.2, 0) is 22.0 Å². The second kappa shape index (κ2) is 11.5. The van der Waals surface area contributed by atoms with E-state index in [1.807, 2.05) is 36.4 Å². The molecule has 0 spiro atoms. The molecule has 0 saturated heterocycles. The van der Waals surface area contributed by atoms with Gasteiger partial charge in [-0.25, -0.2) is 8.42 Å². The molecule has 5 nitrogen and oxygen atoms in total. The van der Waals surface area contributed by atoms with Crippen LogP contribution in [0.5, 0.6) is 0 Å². The number of nitrogens with one attached hydrogen (secondary N) is 2. The lowest BCUT2D eigenvalue weighted by Gasteiger charge is -2.18. The topological polar surface area (TPSA) is 70.6 Å². The van der Waals surface area contributed by atoms with Crippen LogP contribution >= 0.6 is 0 Å². The summed E-state index contributed by atoms with van der Waals surface area (Å²) in [6, 6.07) is 20.0. The number of guanidine groups is 1. The largest absolute Gasteiger partial charge is 0.356 e. The van der Waals surface area contributed by atoms with Crippen molar-refractivity contribution in [3.63, 3.8) is 0 Å². The molecule has 2 rings (SSSR count). The van der Waals surface area contributed by atoms with E-state index in [0.717, 1.165) is 18.4 Å². The van der Waals surface area contributed by atoms with E-state index in [2.05, 4.69) is 46.8 Å². The molecule has 152 valence electrons. The van der Waals surface area contributed by atoms with Crippen LogP contribution in [0, 0.1) is 0 Å². The van der Waals surface area contributed by atoms with Crippen LogP contribution in [0.25, 0.3) is 0 Å². The number of hydrogen-bond acceptors (Lipinski definition) is 3. The molecule has 0 aliphatic heterocycles. The fraction of sp³-hybridized carbons (Fsp3) is 0.409. The third-order valence-electron chi connectivity index (χ3n) is 4.47. The Hall–Kier alpha value is -2.34. The lowest BCUT2D eigenvalue weighted by Crippen LogP contribution is -2.43. The van der Waals surface area contributed by atoms with Crippen molar-refractivity contribution in [2.45, 2.75) is 38.0 Å². The summed E-state index contributed by atoms with van der Waals surface area (Å²) in [5, 5.41) is 6.57. The van der Waals surface area contributed by atoms with Gasteiger partial charge in [-0.05, 0) is 37.3 Å². The minimum atomic E-state index is -3.10. The van der Waals surface area contributed by atoms with Gasteiger partial charge in [-0.15, -0.1) is 0 Å². The Kier molecular flexibility index (Phi) is 9.01. The second-order valence-electron chi connectivity index (χ2n) is 7.00. The van der Waals surface area contributed by atoms with Gasteiger partial charge in [0, 0.05) is 19.6 Å². The normalized spacial score (nSPS) is 13.1. The standard InChI is InChI=1S/C22H31N3O2S/c1-19(14-15-20-10-5-3-6-11-20)25-22(23-2)24-16-9-17-28(26,27)18-21-12-7-4-8-13-21/h3-8,10-13,19H,9,14-18H2,1-2H3,(H2,23,24,25). The molecule has 2 N–H and O–H groups in total. The van der Waals surface area contributed by atoms with E-state index in [4.69, 9.17) is 0 Å². The van der Waals surface area contributed by atoms with Crippen LogP contribution in [0.1, 0.15) is 30.9 Å². The zero-order chi connectivity index (χ0) is 20.2. The van der Waals surface area contributed by atoms with Crippen molar-refractivity contribution >= 4 is 15.8 Å². The van der Waals surface area contributed by atoms with Gasteiger partial charge in [-0.2, -0.15) is 0 Å². The van der Waals surface area contributed by atoms with Gasteiger partial charge in [-0.3, -0.25) is 4.99 Å². The van der Waals surface area contributed by atoms with Gasteiger partial charge < -0.3 is 10.6 Å². The Labute approximate surface area is 169 Å². The SMILES string of the molecule is CN=C(NCCCS(=O)(=O)Cc1ccccc1)NC(C)CCc1ccccc1. The predicted molar refractivity (Wildman–Crippen MR) is 117 cm³/mol. The summed E-state index contributed by atoms with van der Waals surface area (Å²) < 4.78 is 24.5. The third kappa shape index (κ3) is 8.57. The van der Waals surface area contributed by atoms with Gasteiger partial charge in [-0.1, -0.05) is 60.7 Å². The van der Waals surface area contributed by atoms with Crippen LogP contribution in [-0.4, -0.2) is 39.8 Å². The van der Waals surface area contributed by atoms with Gasteiger partial charge in [0.25, 0.3) is 0 Å². The average Bonchev–Trinajstić information content (AvgIpc) is 2.70. The average molecular weight is 402 g/mol. The minimum Gasteiger partial charge on any atom is -0.356 e. The van der Waals surface area contributed by atoms with Crippen molar-refractivity contribution < 1.29 is 8.42 Å². The smallest absolute Gasteiger partial charge is 0.191 e. The summed E-state index contributed by atoms with van der Waals surface area (Å²) >= 11 is 0. The third-order valence-corrected chi connectivity index (χ3v) is 6.15. The molecule has 2 aromatic carbocycles. The fourth-order valence-electron chi connectivity index (χ4n) is 2.93. The van der Waals surface area contributed by atoms with Crippen molar-refractivity contribution in [2.75, 3.05) is 19.3 Å². The molecule has 0 aliphatic rings. The van der Waals surface area contributed by atoms with Crippen LogP contribution in [0.4, 0.5) is 0 Å². The Morgan fingerprint density at radius 2 is 1.61 bits per heavy atom. The van der Waals surface area contributed by atoms with Crippen molar-refractivity contribution in [1.82, 2.24) is 10.6 Å². The molecule has 0 saturated carbocycles. The Morgan fingerprint density at radius 1 is 1.00 bits per heavy atom. The maximum atomic E-state index is 12.2. The highest BCUT2D eigenvalue weighted by atomic mass is 32.2. The van der Waals surface area contributed by atoms with Crippen LogP contribution < -0.4 is 10.6 Å². The number of aryl methyl sites for hydroxylation is 1. The highest BCUT2D eigenvalue weighted by molar-refractivity contribution is 7.90. The van der Waals surface area contributed by atoms with Crippen molar-refractivity contribution in [2.24, 2.45) is 4.99 Å². The number of benzene rings is 2. The molecule has 0 amide bonds. The van der Waals surface area contributed by atoms with Gasteiger partial charge in [0.15, 0.2) is 15.8 Å². The Morgan fingerprint density at radius 3 is 2.21 bits per heavy atom.